The third-order valence-corrected chi connectivity index (χ3v) is 4.15. The molecule has 0 saturated heterocycles. The Morgan fingerprint density at radius 1 is 1.41 bits per heavy atom. The van der Waals surface area contributed by atoms with Crippen LogP contribution in [0.15, 0.2) is 35.6 Å². The minimum Gasteiger partial charge on any atom is -0.475 e. The molecule has 0 amide bonds. The largest absolute Gasteiger partial charge is 0.475 e. The van der Waals surface area contributed by atoms with Gasteiger partial charge in [-0.05, 0) is 19.1 Å². The second-order valence-electron chi connectivity index (χ2n) is 6.10. The molecule has 0 aliphatic rings. The van der Waals surface area contributed by atoms with Gasteiger partial charge in [-0.2, -0.15) is 0 Å². The molecule has 0 aromatic carbocycles. The fourth-order valence-electron chi connectivity index (χ4n) is 2.57. The predicted molar refractivity (Wildman–Crippen MR) is 108 cm³/mol. The van der Waals surface area contributed by atoms with Crippen LogP contribution in [0.2, 0.25) is 5.02 Å². The van der Waals surface area contributed by atoms with E-state index in [0.29, 0.717) is 32.2 Å². The zero-order chi connectivity index (χ0) is 19.6. The van der Waals surface area contributed by atoms with Crippen molar-refractivity contribution in [2.45, 2.75) is 20.0 Å². The van der Waals surface area contributed by atoms with E-state index in [9.17, 15) is 0 Å². The molecule has 0 aliphatic heterocycles. The fourth-order valence-corrected chi connectivity index (χ4v) is 2.84. The highest BCUT2D eigenvalue weighted by Gasteiger charge is 2.11. The minimum atomic E-state index is 0.457. The molecule has 0 saturated carbocycles. The molecule has 0 radical (unpaired) electrons. The van der Waals surface area contributed by atoms with E-state index in [0.717, 1.165) is 28.8 Å². The molecule has 8 heteroatoms. The van der Waals surface area contributed by atoms with Crippen molar-refractivity contribution in [2.24, 2.45) is 12.0 Å². The lowest BCUT2D eigenvalue weighted by Crippen LogP contribution is -2.38. The van der Waals surface area contributed by atoms with Gasteiger partial charge in [0.1, 0.15) is 6.61 Å². The molecule has 0 bridgehead atoms. The van der Waals surface area contributed by atoms with Crippen LogP contribution in [0.25, 0.3) is 0 Å². The van der Waals surface area contributed by atoms with Crippen molar-refractivity contribution in [3.8, 4) is 5.88 Å². The molecular weight excluding hydrogens is 366 g/mol. The van der Waals surface area contributed by atoms with Crippen molar-refractivity contribution in [1.82, 2.24) is 19.8 Å². The summed E-state index contributed by atoms with van der Waals surface area (Å²) in [5.74, 6) is 1.40. The molecule has 0 atom stereocenters. The third kappa shape index (κ3) is 6.45. The van der Waals surface area contributed by atoms with Gasteiger partial charge < -0.3 is 24.3 Å². The Balaban J connectivity index is 2.09. The summed E-state index contributed by atoms with van der Waals surface area (Å²) in [5.41, 5.74) is 2.04. The van der Waals surface area contributed by atoms with Crippen molar-refractivity contribution >= 4 is 17.6 Å². The maximum Gasteiger partial charge on any atom is 0.218 e. The first-order valence-electron chi connectivity index (χ1n) is 8.91. The van der Waals surface area contributed by atoms with E-state index in [-0.39, 0.29) is 0 Å². The Morgan fingerprint density at radius 3 is 2.89 bits per heavy atom. The standard InChI is InChI=1S/C19H28ClN5O2/c1-5-21-19(25(3)14-17-11-16(20)13-24(17)2)23-12-15-7-6-8-22-18(15)27-10-9-26-4/h6-8,11,13H,5,9-10,12,14H2,1-4H3,(H,21,23). The zero-order valence-corrected chi connectivity index (χ0v) is 17.2. The van der Waals surface area contributed by atoms with E-state index in [1.165, 1.54) is 0 Å². The summed E-state index contributed by atoms with van der Waals surface area (Å²) in [7, 11) is 5.63. The number of aryl methyl sites for hydroxylation is 1. The number of aliphatic imine (C=N–C) groups is 1. The molecule has 1 N–H and O–H groups in total. The number of hydrogen-bond acceptors (Lipinski definition) is 4. The second kappa shape index (κ2) is 10.8. The number of ether oxygens (including phenoxy) is 2. The lowest BCUT2D eigenvalue weighted by molar-refractivity contribution is 0.143. The maximum atomic E-state index is 6.09. The Morgan fingerprint density at radius 2 is 2.22 bits per heavy atom. The highest BCUT2D eigenvalue weighted by molar-refractivity contribution is 6.30. The molecule has 27 heavy (non-hydrogen) atoms. The van der Waals surface area contributed by atoms with Crippen molar-refractivity contribution in [1.29, 1.82) is 0 Å². The topological polar surface area (TPSA) is 63.9 Å². The van der Waals surface area contributed by atoms with E-state index in [1.807, 2.05) is 50.0 Å². The number of guanidine groups is 1. The average Bonchev–Trinajstić information content (AvgIpc) is 2.96. The SMILES string of the molecule is CCNC(=NCc1cccnc1OCCOC)N(C)Cc1cc(Cl)cn1C. The summed E-state index contributed by atoms with van der Waals surface area (Å²) in [6.07, 6.45) is 3.61. The normalized spacial score (nSPS) is 11.5. The second-order valence-corrected chi connectivity index (χ2v) is 6.53. The lowest BCUT2D eigenvalue weighted by atomic mass is 10.3. The molecule has 2 aromatic heterocycles. The number of pyridine rings is 1. The highest BCUT2D eigenvalue weighted by Crippen LogP contribution is 2.16. The number of hydrogen-bond donors (Lipinski definition) is 1. The number of nitrogens with zero attached hydrogens (tertiary/aromatic N) is 4. The monoisotopic (exact) mass is 393 g/mol. The first-order valence-corrected chi connectivity index (χ1v) is 9.28. The van der Waals surface area contributed by atoms with Crippen molar-refractivity contribution in [3.05, 3.63) is 46.9 Å². The van der Waals surface area contributed by atoms with Crippen molar-refractivity contribution < 1.29 is 9.47 Å². The van der Waals surface area contributed by atoms with Gasteiger partial charge in [-0.25, -0.2) is 9.98 Å². The molecule has 0 spiro atoms. The van der Waals surface area contributed by atoms with Crippen molar-refractivity contribution in [2.75, 3.05) is 33.9 Å². The van der Waals surface area contributed by atoms with Gasteiger partial charge in [0.25, 0.3) is 0 Å². The van der Waals surface area contributed by atoms with Crippen LogP contribution in [-0.2, 0) is 24.9 Å². The zero-order valence-electron chi connectivity index (χ0n) is 16.4. The van der Waals surface area contributed by atoms with E-state index >= 15 is 0 Å². The molecular formula is C19H28ClN5O2. The van der Waals surface area contributed by atoms with E-state index in [2.05, 4.69) is 15.2 Å². The minimum absolute atomic E-state index is 0.457. The Bertz CT molecular complexity index is 747. The molecule has 0 unspecified atom stereocenters. The van der Waals surface area contributed by atoms with E-state index in [4.69, 9.17) is 26.1 Å². The van der Waals surface area contributed by atoms with E-state index in [1.54, 1.807) is 13.3 Å². The molecule has 2 aromatic rings. The molecule has 0 aliphatic carbocycles. The number of aromatic nitrogens is 2. The van der Waals surface area contributed by atoms with Crippen LogP contribution in [-0.4, -0.2) is 54.3 Å². The first kappa shape index (κ1) is 21.1. The van der Waals surface area contributed by atoms with Crippen molar-refractivity contribution in [3.63, 3.8) is 0 Å². The lowest BCUT2D eigenvalue weighted by Gasteiger charge is -2.22. The summed E-state index contributed by atoms with van der Waals surface area (Å²) in [6.45, 7) is 4.96. The van der Waals surface area contributed by atoms with Gasteiger partial charge in [-0.3, -0.25) is 0 Å². The van der Waals surface area contributed by atoms with Gasteiger partial charge in [0.05, 0.1) is 24.7 Å². The first-order chi connectivity index (χ1) is 13.0. The third-order valence-electron chi connectivity index (χ3n) is 3.95. The quantitative estimate of drug-likeness (QED) is 0.403. The molecule has 2 heterocycles. The fraction of sp³-hybridized carbons (Fsp3) is 0.474. The summed E-state index contributed by atoms with van der Waals surface area (Å²) >= 11 is 6.09. The summed E-state index contributed by atoms with van der Waals surface area (Å²) in [4.78, 5) is 11.1. The number of halogens is 1. The Hall–Kier alpha value is -2.25. The van der Waals surface area contributed by atoms with Gasteiger partial charge in [-0.1, -0.05) is 17.7 Å². The van der Waals surface area contributed by atoms with Crippen LogP contribution >= 0.6 is 11.6 Å². The van der Waals surface area contributed by atoms with Crippen LogP contribution in [0.5, 0.6) is 5.88 Å². The van der Waals surface area contributed by atoms with Crippen LogP contribution in [0.3, 0.4) is 0 Å². The van der Waals surface area contributed by atoms with Gasteiger partial charge in [0, 0.05) is 51.4 Å². The predicted octanol–water partition coefficient (Wildman–Crippen LogP) is 2.70. The molecule has 0 fully saturated rings. The summed E-state index contributed by atoms with van der Waals surface area (Å²) in [5, 5.41) is 4.06. The van der Waals surface area contributed by atoms with Crippen LogP contribution in [0.4, 0.5) is 0 Å². The molecule has 7 nitrogen and oxygen atoms in total. The number of methoxy groups -OCH3 is 1. The maximum absolute atomic E-state index is 6.09. The Kier molecular flexibility index (Phi) is 8.42. The summed E-state index contributed by atoms with van der Waals surface area (Å²) < 4.78 is 12.7. The van der Waals surface area contributed by atoms with Crippen LogP contribution in [0.1, 0.15) is 18.2 Å². The Labute approximate surface area is 166 Å². The number of rotatable bonds is 9. The molecule has 2 rings (SSSR count). The molecule has 148 valence electrons. The average molecular weight is 394 g/mol. The summed E-state index contributed by atoms with van der Waals surface area (Å²) in [6, 6.07) is 5.82. The van der Waals surface area contributed by atoms with E-state index < -0.39 is 0 Å². The smallest absolute Gasteiger partial charge is 0.218 e. The van der Waals surface area contributed by atoms with Crippen LogP contribution < -0.4 is 10.1 Å². The van der Waals surface area contributed by atoms with Gasteiger partial charge >= 0.3 is 0 Å². The number of nitrogens with one attached hydrogen (secondary N) is 1. The highest BCUT2D eigenvalue weighted by atomic mass is 35.5. The van der Waals surface area contributed by atoms with Gasteiger partial charge in [0.15, 0.2) is 5.96 Å². The van der Waals surface area contributed by atoms with Gasteiger partial charge in [-0.15, -0.1) is 0 Å². The van der Waals surface area contributed by atoms with Gasteiger partial charge in [0.2, 0.25) is 5.88 Å². The van der Waals surface area contributed by atoms with Crippen LogP contribution in [0, 0.1) is 0 Å².